The van der Waals surface area contributed by atoms with E-state index in [9.17, 15) is 14.7 Å². The number of rotatable bonds is 3. The number of fused-ring (bicyclic) bond motifs is 1. The zero-order chi connectivity index (χ0) is 14.2. The van der Waals surface area contributed by atoms with Crippen LogP contribution in [0.5, 0.6) is 5.95 Å². The minimum atomic E-state index is -1.66. The summed E-state index contributed by atoms with van der Waals surface area (Å²) in [7, 11) is 0. The number of hydrogen-bond donors (Lipinski definition) is 2. The number of benzene rings is 1. The molecule has 2 aromatic rings. The van der Waals surface area contributed by atoms with E-state index in [0.717, 1.165) is 0 Å². The number of carboxylic acid groups (broad SMARTS) is 1. The Morgan fingerprint density at radius 2 is 1.95 bits per heavy atom. The standard InChI is InChI=1S/C13H12O6/c1-13(2,17)19-12-9(11(15)16)10(14)7-5-3-4-6-8(7)18-12/h3-6,17H,1-2H3,(H,15,16). The number of carboxylic acids is 1. The zero-order valence-electron chi connectivity index (χ0n) is 10.3. The monoisotopic (exact) mass is 264 g/mol. The van der Waals surface area contributed by atoms with Crippen molar-refractivity contribution in [3.8, 4) is 5.95 Å². The first kappa shape index (κ1) is 13.1. The van der Waals surface area contributed by atoms with E-state index in [1.54, 1.807) is 12.1 Å². The highest BCUT2D eigenvalue weighted by molar-refractivity contribution is 5.94. The summed E-state index contributed by atoms with van der Waals surface area (Å²) in [6, 6.07) is 6.21. The van der Waals surface area contributed by atoms with Crippen molar-refractivity contribution in [1.29, 1.82) is 0 Å². The summed E-state index contributed by atoms with van der Waals surface area (Å²) in [6.45, 7) is 2.60. The van der Waals surface area contributed by atoms with Gasteiger partial charge in [-0.1, -0.05) is 12.1 Å². The van der Waals surface area contributed by atoms with Crippen molar-refractivity contribution in [1.82, 2.24) is 0 Å². The molecule has 0 aliphatic carbocycles. The SMILES string of the molecule is CC(C)(O)Oc1oc2ccccc2c(=O)c1C(=O)O. The normalized spacial score (nSPS) is 11.5. The van der Waals surface area contributed by atoms with Gasteiger partial charge in [0.25, 0.3) is 0 Å². The predicted octanol–water partition coefficient (Wildman–Crippen LogP) is 1.60. The van der Waals surface area contributed by atoms with Crippen molar-refractivity contribution in [2.24, 2.45) is 0 Å². The first-order chi connectivity index (χ1) is 8.79. The fourth-order valence-electron chi connectivity index (χ4n) is 1.60. The molecule has 0 amide bonds. The lowest BCUT2D eigenvalue weighted by Gasteiger charge is -2.19. The molecule has 0 aliphatic rings. The lowest BCUT2D eigenvalue weighted by atomic mass is 10.1. The number of ether oxygens (including phenoxy) is 1. The molecule has 0 saturated heterocycles. The quantitative estimate of drug-likeness (QED) is 0.817. The second-order valence-corrected chi connectivity index (χ2v) is 4.44. The van der Waals surface area contributed by atoms with Crippen LogP contribution in [-0.4, -0.2) is 22.0 Å². The smallest absolute Gasteiger partial charge is 0.347 e. The second kappa shape index (κ2) is 4.40. The average Bonchev–Trinajstić information content (AvgIpc) is 2.26. The molecular weight excluding hydrogens is 252 g/mol. The maximum Gasteiger partial charge on any atom is 0.347 e. The van der Waals surface area contributed by atoms with Crippen molar-refractivity contribution in [3.05, 3.63) is 40.1 Å². The largest absolute Gasteiger partial charge is 0.477 e. The molecule has 19 heavy (non-hydrogen) atoms. The molecule has 6 heteroatoms. The highest BCUT2D eigenvalue weighted by Crippen LogP contribution is 2.24. The minimum Gasteiger partial charge on any atom is -0.477 e. The fourth-order valence-corrected chi connectivity index (χ4v) is 1.60. The fraction of sp³-hybridized carbons (Fsp3) is 0.231. The van der Waals surface area contributed by atoms with Crippen LogP contribution in [0.4, 0.5) is 0 Å². The molecular formula is C13H12O6. The van der Waals surface area contributed by atoms with Crippen LogP contribution in [0.1, 0.15) is 24.2 Å². The predicted molar refractivity (Wildman–Crippen MR) is 66.4 cm³/mol. The van der Waals surface area contributed by atoms with Gasteiger partial charge < -0.3 is 19.4 Å². The maximum atomic E-state index is 12.1. The number of aliphatic hydroxyl groups is 1. The van der Waals surface area contributed by atoms with Gasteiger partial charge in [-0.3, -0.25) is 4.79 Å². The molecule has 0 bridgehead atoms. The van der Waals surface area contributed by atoms with Crippen LogP contribution in [-0.2, 0) is 0 Å². The molecule has 0 aliphatic heterocycles. The van der Waals surface area contributed by atoms with Gasteiger partial charge in [0, 0.05) is 13.8 Å². The summed E-state index contributed by atoms with van der Waals surface area (Å²) < 4.78 is 10.2. The number of hydrogen-bond acceptors (Lipinski definition) is 5. The third-order valence-electron chi connectivity index (χ3n) is 2.32. The van der Waals surface area contributed by atoms with Crippen molar-refractivity contribution < 1.29 is 24.2 Å². The molecule has 0 saturated carbocycles. The van der Waals surface area contributed by atoms with Gasteiger partial charge in [-0.15, -0.1) is 0 Å². The molecule has 6 nitrogen and oxygen atoms in total. The van der Waals surface area contributed by atoms with Crippen molar-refractivity contribution >= 4 is 16.9 Å². The summed E-state index contributed by atoms with van der Waals surface area (Å²) in [4.78, 5) is 23.2. The van der Waals surface area contributed by atoms with Gasteiger partial charge in [-0.05, 0) is 12.1 Å². The molecule has 0 fully saturated rings. The summed E-state index contributed by atoms with van der Waals surface area (Å²) >= 11 is 0. The van der Waals surface area contributed by atoms with Crippen LogP contribution < -0.4 is 10.2 Å². The molecule has 2 rings (SSSR count). The van der Waals surface area contributed by atoms with Crippen molar-refractivity contribution in [2.45, 2.75) is 19.6 Å². The van der Waals surface area contributed by atoms with E-state index in [1.165, 1.54) is 26.0 Å². The molecule has 0 spiro atoms. The van der Waals surface area contributed by atoms with E-state index < -0.39 is 28.7 Å². The van der Waals surface area contributed by atoms with Crippen LogP contribution in [0.15, 0.2) is 33.5 Å². The Kier molecular flexibility index (Phi) is 3.03. The second-order valence-electron chi connectivity index (χ2n) is 4.44. The van der Waals surface area contributed by atoms with Crippen molar-refractivity contribution in [3.63, 3.8) is 0 Å². The van der Waals surface area contributed by atoms with E-state index in [4.69, 9.17) is 14.3 Å². The Labute approximate surface area is 107 Å². The Bertz CT molecular complexity index is 692. The van der Waals surface area contributed by atoms with Gasteiger partial charge in [0.05, 0.1) is 5.39 Å². The van der Waals surface area contributed by atoms with Crippen LogP contribution in [0.3, 0.4) is 0 Å². The van der Waals surface area contributed by atoms with E-state index in [0.29, 0.717) is 0 Å². The molecule has 1 heterocycles. The molecule has 0 radical (unpaired) electrons. The minimum absolute atomic E-state index is 0.142. The summed E-state index contributed by atoms with van der Waals surface area (Å²) in [5.74, 6) is -3.65. The Balaban J connectivity index is 2.78. The van der Waals surface area contributed by atoms with Crippen LogP contribution in [0, 0.1) is 0 Å². The molecule has 100 valence electrons. The van der Waals surface area contributed by atoms with Crippen LogP contribution in [0.25, 0.3) is 11.0 Å². The molecule has 0 unspecified atom stereocenters. The Morgan fingerprint density at radius 1 is 1.32 bits per heavy atom. The third-order valence-corrected chi connectivity index (χ3v) is 2.32. The van der Waals surface area contributed by atoms with Crippen LogP contribution >= 0.6 is 0 Å². The molecule has 1 aromatic heterocycles. The molecule has 2 N–H and O–H groups in total. The van der Waals surface area contributed by atoms with E-state index in [2.05, 4.69) is 0 Å². The highest BCUT2D eigenvalue weighted by atomic mass is 16.7. The summed E-state index contributed by atoms with van der Waals surface area (Å²) in [6.07, 6.45) is 0. The third kappa shape index (κ3) is 2.58. The lowest BCUT2D eigenvalue weighted by Crippen LogP contribution is -2.29. The molecule has 0 atom stereocenters. The topological polar surface area (TPSA) is 97.0 Å². The first-order valence-electron chi connectivity index (χ1n) is 5.50. The number of aromatic carboxylic acids is 1. The van der Waals surface area contributed by atoms with Gasteiger partial charge in [0.15, 0.2) is 5.56 Å². The van der Waals surface area contributed by atoms with E-state index in [1.807, 2.05) is 0 Å². The van der Waals surface area contributed by atoms with Gasteiger partial charge in [0.2, 0.25) is 11.2 Å². The lowest BCUT2D eigenvalue weighted by molar-refractivity contribution is -0.116. The zero-order valence-corrected chi connectivity index (χ0v) is 10.3. The van der Waals surface area contributed by atoms with Gasteiger partial charge in [-0.2, -0.15) is 0 Å². The van der Waals surface area contributed by atoms with Gasteiger partial charge >= 0.3 is 11.9 Å². The van der Waals surface area contributed by atoms with E-state index >= 15 is 0 Å². The Hall–Kier alpha value is -2.34. The highest BCUT2D eigenvalue weighted by Gasteiger charge is 2.26. The van der Waals surface area contributed by atoms with Crippen LogP contribution in [0.2, 0.25) is 0 Å². The first-order valence-corrected chi connectivity index (χ1v) is 5.50. The van der Waals surface area contributed by atoms with Crippen molar-refractivity contribution in [2.75, 3.05) is 0 Å². The Morgan fingerprint density at radius 3 is 2.53 bits per heavy atom. The van der Waals surface area contributed by atoms with E-state index in [-0.39, 0.29) is 11.0 Å². The molecule has 1 aromatic carbocycles. The summed E-state index contributed by atoms with van der Waals surface area (Å²) in [5.41, 5.74) is -1.16. The van der Waals surface area contributed by atoms with Gasteiger partial charge in [0.1, 0.15) is 5.58 Å². The maximum absolute atomic E-state index is 12.1. The number of carbonyl (C=O) groups is 1. The van der Waals surface area contributed by atoms with Gasteiger partial charge in [-0.25, -0.2) is 4.79 Å². The number of para-hydroxylation sites is 1. The average molecular weight is 264 g/mol. The summed E-state index contributed by atoms with van der Waals surface area (Å²) in [5, 5.41) is 18.8.